The van der Waals surface area contributed by atoms with E-state index in [1.54, 1.807) is 11.3 Å². The first-order valence-electron chi connectivity index (χ1n) is 4.77. The molecule has 0 saturated heterocycles. The molecule has 0 radical (unpaired) electrons. The van der Waals surface area contributed by atoms with Crippen molar-refractivity contribution in [3.8, 4) is 0 Å². The van der Waals surface area contributed by atoms with Gasteiger partial charge in [0, 0.05) is 10.3 Å². The lowest BCUT2D eigenvalue weighted by Crippen LogP contribution is -2.19. The summed E-state index contributed by atoms with van der Waals surface area (Å²) in [7, 11) is 0. The van der Waals surface area contributed by atoms with Crippen LogP contribution >= 0.6 is 22.9 Å². The predicted molar refractivity (Wildman–Crippen MR) is 61.7 cm³/mol. The molecule has 2 heteroatoms. The van der Waals surface area contributed by atoms with Gasteiger partial charge < -0.3 is 0 Å². The summed E-state index contributed by atoms with van der Waals surface area (Å²) in [6.07, 6.45) is 1.01. The van der Waals surface area contributed by atoms with Crippen molar-refractivity contribution in [1.82, 2.24) is 0 Å². The fourth-order valence-corrected chi connectivity index (χ4v) is 2.54. The van der Waals surface area contributed by atoms with Crippen LogP contribution in [0.3, 0.4) is 0 Å². The first kappa shape index (κ1) is 11.1. The second-order valence-electron chi connectivity index (χ2n) is 3.90. The van der Waals surface area contributed by atoms with Crippen LogP contribution in [-0.2, 0) is 6.42 Å². The molecule has 2 atom stereocenters. The molecular formula is C11H17ClS. The van der Waals surface area contributed by atoms with Gasteiger partial charge in [-0.15, -0.1) is 22.9 Å². The van der Waals surface area contributed by atoms with Crippen LogP contribution in [0.1, 0.15) is 25.6 Å². The fourth-order valence-electron chi connectivity index (χ4n) is 1.22. The summed E-state index contributed by atoms with van der Waals surface area (Å²) < 4.78 is 0. The molecule has 0 aromatic carbocycles. The van der Waals surface area contributed by atoms with E-state index in [0.717, 1.165) is 6.42 Å². The Hall–Kier alpha value is -0.0100. The number of thiophene rings is 1. The first-order chi connectivity index (χ1) is 6.11. The van der Waals surface area contributed by atoms with Gasteiger partial charge in [-0.2, -0.15) is 0 Å². The Bertz CT molecular complexity index is 228. The van der Waals surface area contributed by atoms with E-state index in [1.165, 1.54) is 4.88 Å². The first-order valence-corrected chi connectivity index (χ1v) is 6.09. The molecule has 13 heavy (non-hydrogen) atoms. The number of hydrogen-bond donors (Lipinski definition) is 0. The van der Waals surface area contributed by atoms with Crippen molar-refractivity contribution in [2.24, 2.45) is 11.8 Å². The molecule has 0 aliphatic carbocycles. The minimum Gasteiger partial charge on any atom is -0.149 e. The Morgan fingerprint density at radius 1 is 1.38 bits per heavy atom. The van der Waals surface area contributed by atoms with Crippen LogP contribution in [0, 0.1) is 11.8 Å². The molecule has 1 aromatic heterocycles. The molecule has 0 N–H and O–H groups in total. The van der Waals surface area contributed by atoms with E-state index >= 15 is 0 Å². The Labute approximate surface area is 89.9 Å². The maximum atomic E-state index is 6.32. The normalized spacial score (nSPS) is 16.1. The highest BCUT2D eigenvalue weighted by molar-refractivity contribution is 7.09. The average molecular weight is 217 g/mol. The van der Waals surface area contributed by atoms with E-state index < -0.39 is 0 Å². The predicted octanol–water partition coefficient (Wildman–Crippen LogP) is 4.19. The van der Waals surface area contributed by atoms with Gasteiger partial charge in [0.05, 0.1) is 0 Å². The zero-order chi connectivity index (χ0) is 9.84. The lowest BCUT2D eigenvalue weighted by Gasteiger charge is -2.20. The molecule has 2 unspecified atom stereocenters. The minimum atomic E-state index is 0.277. The zero-order valence-electron chi connectivity index (χ0n) is 8.46. The molecule has 0 aliphatic heterocycles. The van der Waals surface area contributed by atoms with Gasteiger partial charge in [0.2, 0.25) is 0 Å². The Balaban J connectivity index is 2.45. The number of alkyl halides is 1. The lowest BCUT2D eigenvalue weighted by atomic mass is 9.92. The molecular weight excluding hydrogens is 200 g/mol. The van der Waals surface area contributed by atoms with Crippen molar-refractivity contribution >= 4 is 22.9 Å². The summed E-state index contributed by atoms with van der Waals surface area (Å²) in [4.78, 5) is 1.40. The number of hydrogen-bond acceptors (Lipinski definition) is 1. The average Bonchev–Trinajstić information content (AvgIpc) is 2.55. The molecule has 0 nitrogen and oxygen atoms in total. The van der Waals surface area contributed by atoms with Gasteiger partial charge >= 0.3 is 0 Å². The third kappa shape index (κ3) is 3.32. The molecule has 0 aliphatic rings. The van der Waals surface area contributed by atoms with Crippen molar-refractivity contribution in [1.29, 1.82) is 0 Å². The second kappa shape index (κ2) is 5.02. The van der Waals surface area contributed by atoms with Gasteiger partial charge in [-0.1, -0.05) is 26.8 Å². The maximum absolute atomic E-state index is 6.32. The van der Waals surface area contributed by atoms with Crippen LogP contribution in [-0.4, -0.2) is 5.38 Å². The molecule has 0 spiro atoms. The Kier molecular flexibility index (Phi) is 4.27. The summed E-state index contributed by atoms with van der Waals surface area (Å²) in [6.45, 7) is 6.69. The van der Waals surface area contributed by atoms with Gasteiger partial charge in [-0.05, 0) is 29.7 Å². The van der Waals surface area contributed by atoms with Crippen LogP contribution in [0.5, 0.6) is 0 Å². The van der Waals surface area contributed by atoms with E-state index in [9.17, 15) is 0 Å². The highest BCUT2D eigenvalue weighted by Crippen LogP contribution is 2.24. The van der Waals surface area contributed by atoms with Crippen LogP contribution in [0.4, 0.5) is 0 Å². The Morgan fingerprint density at radius 3 is 2.54 bits per heavy atom. The molecule has 1 rings (SSSR count). The van der Waals surface area contributed by atoms with Crippen molar-refractivity contribution in [3.63, 3.8) is 0 Å². The molecule has 1 heterocycles. The summed E-state index contributed by atoms with van der Waals surface area (Å²) in [5.74, 6) is 1.26. The molecule has 74 valence electrons. The Morgan fingerprint density at radius 2 is 2.08 bits per heavy atom. The summed E-state index contributed by atoms with van der Waals surface area (Å²) in [5.41, 5.74) is 0. The van der Waals surface area contributed by atoms with Crippen molar-refractivity contribution in [3.05, 3.63) is 22.4 Å². The van der Waals surface area contributed by atoms with E-state index in [4.69, 9.17) is 11.6 Å². The minimum absolute atomic E-state index is 0.277. The topological polar surface area (TPSA) is 0 Å². The standard InChI is InChI=1S/C11H17ClS/c1-8(2)9(3)11(12)7-10-5-4-6-13-10/h4-6,8-9,11H,7H2,1-3H3. The smallest absolute Gasteiger partial charge is 0.0412 e. The monoisotopic (exact) mass is 216 g/mol. The van der Waals surface area contributed by atoms with E-state index in [0.29, 0.717) is 11.8 Å². The van der Waals surface area contributed by atoms with Crippen molar-refractivity contribution in [2.75, 3.05) is 0 Å². The molecule has 1 aromatic rings. The van der Waals surface area contributed by atoms with Crippen molar-refractivity contribution in [2.45, 2.75) is 32.6 Å². The highest BCUT2D eigenvalue weighted by atomic mass is 35.5. The van der Waals surface area contributed by atoms with Crippen LogP contribution < -0.4 is 0 Å². The quantitative estimate of drug-likeness (QED) is 0.663. The van der Waals surface area contributed by atoms with Gasteiger partial charge in [-0.3, -0.25) is 0 Å². The zero-order valence-corrected chi connectivity index (χ0v) is 10.0. The van der Waals surface area contributed by atoms with Gasteiger partial charge in [0.25, 0.3) is 0 Å². The lowest BCUT2D eigenvalue weighted by molar-refractivity contribution is 0.400. The van der Waals surface area contributed by atoms with E-state index in [-0.39, 0.29) is 5.38 Å². The summed E-state index contributed by atoms with van der Waals surface area (Å²) in [6, 6.07) is 4.25. The van der Waals surface area contributed by atoms with Crippen LogP contribution in [0.25, 0.3) is 0 Å². The van der Waals surface area contributed by atoms with Gasteiger partial charge in [0.15, 0.2) is 0 Å². The number of halogens is 1. The molecule has 0 saturated carbocycles. The van der Waals surface area contributed by atoms with Gasteiger partial charge in [0.1, 0.15) is 0 Å². The third-order valence-electron chi connectivity index (χ3n) is 2.60. The van der Waals surface area contributed by atoms with E-state index in [2.05, 4.69) is 38.3 Å². The van der Waals surface area contributed by atoms with E-state index in [1.807, 2.05) is 0 Å². The van der Waals surface area contributed by atoms with Crippen LogP contribution in [0.15, 0.2) is 17.5 Å². The maximum Gasteiger partial charge on any atom is 0.0412 e. The van der Waals surface area contributed by atoms with Crippen LogP contribution in [0.2, 0.25) is 0 Å². The number of rotatable bonds is 4. The second-order valence-corrected chi connectivity index (χ2v) is 5.50. The molecule has 0 bridgehead atoms. The summed E-state index contributed by atoms with van der Waals surface area (Å²) >= 11 is 8.12. The fraction of sp³-hybridized carbons (Fsp3) is 0.636. The highest BCUT2D eigenvalue weighted by Gasteiger charge is 2.18. The third-order valence-corrected chi connectivity index (χ3v) is 4.05. The molecule has 0 amide bonds. The van der Waals surface area contributed by atoms with Crippen molar-refractivity contribution < 1.29 is 0 Å². The molecule has 0 fully saturated rings. The summed E-state index contributed by atoms with van der Waals surface area (Å²) in [5, 5.41) is 2.39. The SMILES string of the molecule is CC(C)C(C)C(Cl)Cc1cccs1. The largest absolute Gasteiger partial charge is 0.149 e. The van der Waals surface area contributed by atoms with Gasteiger partial charge in [-0.25, -0.2) is 0 Å².